The summed E-state index contributed by atoms with van der Waals surface area (Å²) in [6.07, 6.45) is 0.523. The second-order valence-corrected chi connectivity index (χ2v) is 7.03. The summed E-state index contributed by atoms with van der Waals surface area (Å²) in [7, 11) is 0. The SMILES string of the molecule is N[C@H]1C[C@@H](C2CC2)CN(c2ccc(C(F)(F)F)c3ncccc23)C1. The van der Waals surface area contributed by atoms with Gasteiger partial charge in [-0.15, -0.1) is 0 Å². The topological polar surface area (TPSA) is 42.1 Å². The Bertz CT molecular complexity index is 755. The quantitative estimate of drug-likeness (QED) is 0.907. The normalized spacial score (nSPS) is 25.2. The summed E-state index contributed by atoms with van der Waals surface area (Å²) in [6, 6.07) is 6.21. The van der Waals surface area contributed by atoms with Crippen LogP contribution in [-0.2, 0) is 6.18 Å². The highest BCUT2D eigenvalue weighted by Gasteiger charge is 2.38. The highest BCUT2D eigenvalue weighted by atomic mass is 19.4. The van der Waals surface area contributed by atoms with Crippen LogP contribution in [0.4, 0.5) is 18.9 Å². The van der Waals surface area contributed by atoms with Crippen molar-refractivity contribution in [1.29, 1.82) is 0 Å². The van der Waals surface area contributed by atoms with Crippen LogP contribution < -0.4 is 10.6 Å². The van der Waals surface area contributed by atoms with E-state index in [2.05, 4.69) is 9.88 Å². The molecule has 128 valence electrons. The first-order valence-corrected chi connectivity index (χ1v) is 8.39. The van der Waals surface area contributed by atoms with Crippen LogP contribution in [0.5, 0.6) is 0 Å². The summed E-state index contributed by atoms with van der Waals surface area (Å²) >= 11 is 0. The van der Waals surface area contributed by atoms with Crippen molar-refractivity contribution >= 4 is 16.6 Å². The number of piperidine rings is 1. The van der Waals surface area contributed by atoms with E-state index in [0.717, 1.165) is 30.6 Å². The molecule has 0 bridgehead atoms. The van der Waals surface area contributed by atoms with Gasteiger partial charge in [0.05, 0.1) is 11.1 Å². The highest BCUT2D eigenvalue weighted by molar-refractivity contribution is 5.94. The van der Waals surface area contributed by atoms with Crippen LogP contribution in [0, 0.1) is 11.8 Å². The van der Waals surface area contributed by atoms with Gasteiger partial charge in [-0.2, -0.15) is 13.2 Å². The molecule has 4 rings (SSSR count). The zero-order valence-corrected chi connectivity index (χ0v) is 13.3. The molecule has 1 saturated carbocycles. The monoisotopic (exact) mass is 335 g/mol. The second kappa shape index (κ2) is 5.62. The van der Waals surface area contributed by atoms with E-state index in [4.69, 9.17) is 5.73 Å². The Labute approximate surface area is 138 Å². The molecule has 1 aromatic heterocycles. The summed E-state index contributed by atoms with van der Waals surface area (Å²) in [5.74, 6) is 1.28. The van der Waals surface area contributed by atoms with Gasteiger partial charge in [-0.25, -0.2) is 0 Å². The molecule has 0 amide bonds. The maximum atomic E-state index is 13.3. The Morgan fingerprint density at radius 3 is 2.58 bits per heavy atom. The molecule has 2 atom stereocenters. The molecule has 2 N–H and O–H groups in total. The third-order valence-corrected chi connectivity index (χ3v) is 5.20. The Hall–Kier alpha value is -1.82. The van der Waals surface area contributed by atoms with Crippen LogP contribution in [0.3, 0.4) is 0 Å². The number of fused-ring (bicyclic) bond motifs is 1. The molecule has 2 fully saturated rings. The van der Waals surface area contributed by atoms with Crippen molar-refractivity contribution in [1.82, 2.24) is 4.98 Å². The molecule has 2 heterocycles. The van der Waals surface area contributed by atoms with Crippen LogP contribution in [0.25, 0.3) is 10.9 Å². The number of halogens is 3. The second-order valence-electron chi connectivity index (χ2n) is 7.03. The standard InChI is InChI=1S/C18H20F3N3/c19-18(20,21)15-5-6-16(14-2-1-7-23-17(14)15)24-9-12(11-3-4-11)8-13(22)10-24/h1-2,5-7,11-13H,3-4,8-10,22H2/t12-,13+/m1/s1. The van der Waals surface area contributed by atoms with Gasteiger partial charge < -0.3 is 10.6 Å². The molecule has 1 aliphatic carbocycles. The fourth-order valence-corrected chi connectivity index (χ4v) is 3.95. The van der Waals surface area contributed by atoms with Crippen LogP contribution in [0.2, 0.25) is 0 Å². The van der Waals surface area contributed by atoms with Gasteiger partial charge in [0.2, 0.25) is 0 Å². The van der Waals surface area contributed by atoms with Gasteiger partial charge in [-0.3, -0.25) is 4.98 Å². The number of hydrogen-bond donors (Lipinski definition) is 1. The van der Waals surface area contributed by atoms with E-state index in [-0.39, 0.29) is 11.6 Å². The molecule has 2 aromatic rings. The van der Waals surface area contributed by atoms with Gasteiger partial charge in [-0.1, -0.05) is 0 Å². The summed E-state index contributed by atoms with van der Waals surface area (Å²) < 4.78 is 39.8. The minimum atomic E-state index is -4.40. The molecule has 2 aliphatic rings. The van der Waals surface area contributed by atoms with Gasteiger partial charge >= 0.3 is 6.18 Å². The van der Waals surface area contributed by atoms with E-state index in [9.17, 15) is 13.2 Å². The molecular formula is C18H20F3N3. The number of anilines is 1. The maximum absolute atomic E-state index is 13.3. The number of rotatable bonds is 2. The third kappa shape index (κ3) is 2.83. The van der Waals surface area contributed by atoms with Crippen molar-refractivity contribution in [3.63, 3.8) is 0 Å². The average molecular weight is 335 g/mol. The Kier molecular flexibility index (Phi) is 3.67. The molecular weight excluding hydrogens is 315 g/mol. The van der Waals surface area contributed by atoms with Crippen molar-refractivity contribution in [2.75, 3.05) is 18.0 Å². The van der Waals surface area contributed by atoms with Crippen molar-refractivity contribution < 1.29 is 13.2 Å². The number of alkyl halides is 3. The van der Waals surface area contributed by atoms with E-state index in [1.54, 1.807) is 18.2 Å². The number of nitrogens with two attached hydrogens (primary N) is 1. The van der Waals surface area contributed by atoms with Gasteiger partial charge in [0.1, 0.15) is 0 Å². The van der Waals surface area contributed by atoms with Gasteiger partial charge in [0.15, 0.2) is 0 Å². The summed E-state index contributed by atoms with van der Waals surface area (Å²) in [4.78, 5) is 6.16. The van der Waals surface area contributed by atoms with E-state index >= 15 is 0 Å². The first-order valence-electron chi connectivity index (χ1n) is 8.39. The minimum absolute atomic E-state index is 0.0182. The fraction of sp³-hybridized carbons (Fsp3) is 0.500. The molecule has 1 saturated heterocycles. The number of pyridine rings is 1. The highest BCUT2D eigenvalue weighted by Crippen LogP contribution is 2.43. The molecule has 24 heavy (non-hydrogen) atoms. The minimum Gasteiger partial charge on any atom is -0.369 e. The predicted octanol–water partition coefficient (Wildman–Crippen LogP) is 3.82. The molecule has 1 aromatic carbocycles. The van der Waals surface area contributed by atoms with E-state index < -0.39 is 11.7 Å². The van der Waals surface area contributed by atoms with Crippen molar-refractivity contribution in [3.05, 3.63) is 36.0 Å². The molecule has 3 nitrogen and oxygen atoms in total. The third-order valence-electron chi connectivity index (χ3n) is 5.20. The predicted molar refractivity (Wildman–Crippen MR) is 87.8 cm³/mol. The molecule has 0 unspecified atom stereocenters. The number of hydrogen-bond acceptors (Lipinski definition) is 3. The van der Waals surface area contributed by atoms with Crippen LogP contribution in [0.15, 0.2) is 30.5 Å². The van der Waals surface area contributed by atoms with E-state index in [1.165, 1.54) is 19.0 Å². The van der Waals surface area contributed by atoms with Crippen LogP contribution in [-0.4, -0.2) is 24.1 Å². The van der Waals surface area contributed by atoms with E-state index in [1.807, 2.05) is 0 Å². The Morgan fingerprint density at radius 2 is 1.88 bits per heavy atom. The lowest BCUT2D eigenvalue weighted by Crippen LogP contribution is -2.47. The number of aromatic nitrogens is 1. The molecule has 6 heteroatoms. The largest absolute Gasteiger partial charge is 0.418 e. The van der Waals surface area contributed by atoms with Crippen LogP contribution >= 0.6 is 0 Å². The first kappa shape index (κ1) is 15.7. The molecule has 1 aliphatic heterocycles. The lowest BCUT2D eigenvalue weighted by molar-refractivity contribution is -0.136. The zero-order valence-electron chi connectivity index (χ0n) is 13.3. The summed E-state index contributed by atoms with van der Waals surface area (Å²) in [5.41, 5.74) is 6.38. The summed E-state index contributed by atoms with van der Waals surface area (Å²) in [5, 5.41) is 0.552. The lowest BCUT2D eigenvalue weighted by atomic mass is 9.90. The first-order chi connectivity index (χ1) is 11.4. The lowest BCUT2D eigenvalue weighted by Gasteiger charge is -2.38. The van der Waals surface area contributed by atoms with Gasteiger partial charge in [-0.05, 0) is 55.4 Å². The Balaban J connectivity index is 1.76. The van der Waals surface area contributed by atoms with E-state index in [0.29, 0.717) is 17.8 Å². The van der Waals surface area contributed by atoms with Crippen molar-refractivity contribution in [2.24, 2.45) is 17.6 Å². The Morgan fingerprint density at radius 1 is 1.08 bits per heavy atom. The van der Waals surface area contributed by atoms with Crippen LogP contribution in [0.1, 0.15) is 24.8 Å². The van der Waals surface area contributed by atoms with Gasteiger partial charge in [0.25, 0.3) is 0 Å². The van der Waals surface area contributed by atoms with Crippen molar-refractivity contribution in [3.8, 4) is 0 Å². The fourth-order valence-electron chi connectivity index (χ4n) is 3.95. The van der Waals surface area contributed by atoms with Gasteiger partial charge in [0, 0.05) is 36.4 Å². The zero-order chi connectivity index (χ0) is 16.9. The molecule has 0 radical (unpaired) electrons. The number of nitrogens with zero attached hydrogens (tertiary/aromatic N) is 2. The smallest absolute Gasteiger partial charge is 0.369 e. The number of benzene rings is 1. The average Bonchev–Trinajstić information content (AvgIpc) is 3.37. The van der Waals surface area contributed by atoms with Crippen molar-refractivity contribution in [2.45, 2.75) is 31.5 Å². The molecule has 0 spiro atoms. The maximum Gasteiger partial charge on any atom is 0.418 e. The summed E-state index contributed by atoms with van der Waals surface area (Å²) in [6.45, 7) is 1.55.